The first-order valence-corrected chi connectivity index (χ1v) is 8.49. The van der Waals surface area contributed by atoms with E-state index in [9.17, 15) is 4.79 Å². The highest BCUT2D eigenvalue weighted by Crippen LogP contribution is 2.30. The fraction of sp³-hybridized carbons (Fsp3) is 0.300. The molecule has 1 aromatic heterocycles. The Bertz CT molecular complexity index is 912. The number of benzene rings is 2. The fourth-order valence-corrected chi connectivity index (χ4v) is 2.99. The summed E-state index contributed by atoms with van der Waals surface area (Å²) in [7, 11) is 1.67. The number of carbonyl (C=O) groups is 1. The Labute approximate surface area is 146 Å². The third-order valence-corrected chi connectivity index (χ3v) is 4.51. The highest BCUT2D eigenvalue weighted by Gasteiger charge is 2.31. The molecule has 1 heterocycles. The molecule has 4 rings (SSSR count). The molecule has 0 amide bonds. The van der Waals surface area contributed by atoms with Crippen LogP contribution in [0.5, 0.6) is 5.75 Å². The van der Waals surface area contributed by atoms with Gasteiger partial charge >= 0.3 is 5.97 Å². The molecule has 0 radical (unpaired) electrons. The Morgan fingerprint density at radius 3 is 2.72 bits per heavy atom. The molecule has 2 aromatic carbocycles. The SMILES string of the molecule is COc1ccccc1Cn1c(COC(=O)C2CC2)nc2ccccc21. The first-order chi connectivity index (χ1) is 12.3. The van der Waals surface area contributed by atoms with E-state index in [0.29, 0.717) is 6.54 Å². The average molecular weight is 336 g/mol. The zero-order valence-electron chi connectivity index (χ0n) is 14.1. The first kappa shape index (κ1) is 15.7. The molecule has 25 heavy (non-hydrogen) atoms. The maximum absolute atomic E-state index is 11.9. The molecule has 1 aliphatic rings. The topological polar surface area (TPSA) is 53.4 Å². The minimum Gasteiger partial charge on any atom is -0.496 e. The normalized spacial score (nSPS) is 13.8. The lowest BCUT2D eigenvalue weighted by Gasteiger charge is -2.12. The van der Waals surface area contributed by atoms with Crippen molar-refractivity contribution in [1.29, 1.82) is 0 Å². The number of esters is 1. The summed E-state index contributed by atoms with van der Waals surface area (Å²) in [5, 5.41) is 0. The smallest absolute Gasteiger partial charge is 0.309 e. The third-order valence-electron chi connectivity index (χ3n) is 4.51. The summed E-state index contributed by atoms with van der Waals surface area (Å²) in [6.45, 7) is 0.806. The Kier molecular flexibility index (Phi) is 4.14. The molecule has 1 fully saturated rings. The molecule has 0 atom stereocenters. The monoisotopic (exact) mass is 336 g/mol. The van der Waals surface area contributed by atoms with Crippen LogP contribution in [0.2, 0.25) is 0 Å². The second-order valence-electron chi connectivity index (χ2n) is 6.30. The lowest BCUT2D eigenvalue weighted by molar-refractivity contribution is -0.146. The number of methoxy groups -OCH3 is 1. The molecule has 0 N–H and O–H groups in total. The van der Waals surface area contributed by atoms with Crippen molar-refractivity contribution in [3.05, 3.63) is 59.9 Å². The van der Waals surface area contributed by atoms with Gasteiger partial charge in [-0.1, -0.05) is 30.3 Å². The summed E-state index contributed by atoms with van der Waals surface area (Å²) in [4.78, 5) is 16.5. The molecule has 1 saturated carbocycles. The van der Waals surface area contributed by atoms with Gasteiger partial charge in [-0.3, -0.25) is 4.79 Å². The van der Waals surface area contributed by atoms with Crippen molar-refractivity contribution >= 4 is 17.0 Å². The van der Waals surface area contributed by atoms with Crippen LogP contribution in [0.25, 0.3) is 11.0 Å². The van der Waals surface area contributed by atoms with Crippen molar-refractivity contribution in [1.82, 2.24) is 9.55 Å². The molecule has 5 nitrogen and oxygen atoms in total. The minimum absolute atomic E-state index is 0.0899. The quantitative estimate of drug-likeness (QED) is 0.646. The predicted octanol–water partition coefficient (Wildman–Crippen LogP) is 3.55. The van der Waals surface area contributed by atoms with E-state index in [1.54, 1.807) is 7.11 Å². The summed E-state index contributed by atoms with van der Waals surface area (Å²) < 4.78 is 13.0. The Hall–Kier alpha value is -2.82. The van der Waals surface area contributed by atoms with Gasteiger partial charge < -0.3 is 14.0 Å². The highest BCUT2D eigenvalue weighted by molar-refractivity contribution is 5.77. The molecule has 0 saturated heterocycles. The maximum Gasteiger partial charge on any atom is 0.309 e. The predicted molar refractivity (Wildman–Crippen MR) is 94.3 cm³/mol. The minimum atomic E-state index is -0.115. The molecule has 0 unspecified atom stereocenters. The zero-order chi connectivity index (χ0) is 17.2. The summed E-state index contributed by atoms with van der Waals surface area (Å²) in [5.74, 6) is 1.56. The Balaban J connectivity index is 1.67. The summed E-state index contributed by atoms with van der Waals surface area (Å²) >= 11 is 0. The van der Waals surface area contributed by atoms with E-state index in [1.807, 2.05) is 48.5 Å². The van der Waals surface area contributed by atoms with E-state index < -0.39 is 0 Å². The van der Waals surface area contributed by atoms with E-state index in [4.69, 9.17) is 9.47 Å². The number of aromatic nitrogens is 2. The number of hydrogen-bond acceptors (Lipinski definition) is 4. The summed E-state index contributed by atoms with van der Waals surface area (Å²) in [5.41, 5.74) is 2.98. The van der Waals surface area contributed by atoms with Crippen LogP contribution in [-0.4, -0.2) is 22.6 Å². The van der Waals surface area contributed by atoms with Gasteiger partial charge in [-0.2, -0.15) is 0 Å². The van der Waals surface area contributed by atoms with Crippen molar-refractivity contribution in [3.63, 3.8) is 0 Å². The number of para-hydroxylation sites is 3. The lowest BCUT2D eigenvalue weighted by Crippen LogP contribution is -2.12. The molecule has 3 aromatic rings. The van der Waals surface area contributed by atoms with Crippen LogP contribution in [0, 0.1) is 5.92 Å². The van der Waals surface area contributed by atoms with Gasteiger partial charge in [0.05, 0.1) is 30.6 Å². The van der Waals surface area contributed by atoms with Crippen molar-refractivity contribution in [3.8, 4) is 5.75 Å². The van der Waals surface area contributed by atoms with Crippen LogP contribution in [0.4, 0.5) is 0 Å². The van der Waals surface area contributed by atoms with Crippen molar-refractivity contribution in [2.45, 2.75) is 26.0 Å². The largest absolute Gasteiger partial charge is 0.496 e. The zero-order valence-corrected chi connectivity index (χ0v) is 14.1. The van der Waals surface area contributed by atoms with Gasteiger partial charge in [-0.25, -0.2) is 4.98 Å². The summed E-state index contributed by atoms with van der Waals surface area (Å²) in [6, 6.07) is 15.9. The van der Waals surface area contributed by atoms with E-state index in [0.717, 1.165) is 41.0 Å². The van der Waals surface area contributed by atoms with Gasteiger partial charge in [0.1, 0.15) is 18.2 Å². The second kappa shape index (κ2) is 6.59. The number of ether oxygens (including phenoxy) is 2. The van der Waals surface area contributed by atoms with E-state index in [-0.39, 0.29) is 18.5 Å². The first-order valence-electron chi connectivity index (χ1n) is 8.49. The van der Waals surface area contributed by atoms with Gasteiger partial charge in [0.25, 0.3) is 0 Å². The van der Waals surface area contributed by atoms with Gasteiger partial charge in [-0.05, 0) is 31.0 Å². The highest BCUT2D eigenvalue weighted by atomic mass is 16.5. The molecule has 0 aliphatic heterocycles. The summed E-state index contributed by atoms with van der Waals surface area (Å²) in [6.07, 6.45) is 1.88. The van der Waals surface area contributed by atoms with E-state index in [1.165, 1.54) is 0 Å². The Morgan fingerprint density at radius 1 is 1.16 bits per heavy atom. The van der Waals surface area contributed by atoms with Crippen molar-refractivity contribution < 1.29 is 14.3 Å². The van der Waals surface area contributed by atoms with Crippen LogP contribution < -0.4 is 4.74 Å². The standard InChI is InChI=1S/C20H20N2O3/c1-24-18-9-5-2-6-15(18)12-22-17-8-4-3-7-16(17)21-19(22)13-25-20(23)14-10-11-14/h2-9,14H,10-13H2,1H3. The number of nitrogens with zero attached hydrogens (tertiary/aromatic N) is 2. The average Bonchev–Trinajstić information content (AvgIpc) is 3.44. The number of fused-ring (bicyclic) bond motifs is 1. The number of hydrogen-bond donors (Lipinski definition) is 0. The van der Waals surface area contributed by atoms with Crippen LogP contribution in [0.1, 0.15) is 24.2 Å². The van der Waals surface area contributed by atoms with Crippen LogP contribution >= 0.6 is 0 Å². The lowest BCUT2D eigenvalue weighted by atomic mass is 10.2. The van der Waals surface area contributed by atoms with Gasteiger partial charge in [0.15, 0.2) is 0 Å². The fourth-order valence-electron chi connectivity index (χ4n) is 2.99. The molecule has 0 bridgehead atoms. The molecule has 128 valence electrons. The number of rotatable bonds is 6. The number of carbonyl (C=O) groups excluding carboxylic acids is 1. The molecular weight excluding hydrogens is 316 g/mol. The molecule has 5 heteroatoms. The van der Waals surface area contributed by atoms with E-state index in [2.05, 4.69) is 9.55 Å². The van der Waals surface area contributed by atoms with E-state index >= 15 is 0 Å². The number of imidazole rings is 1. The van der Waals surface area contributed by atoms with Gasteiger partial charge in [-0.15, -0.1) is 0 Å². The van der Waals surface area contributed by atoms with Crippen LogP contribution in [-0.2, 0) is 22.7 Å². The van der Waals surface area contributed by atoms with Crippen molar-refractivity contribution in [2.24, 2.45) is 5.92 Å². The molecule has 0 spiro atoms. The van der Waals surface area contributed by atoms with Gasteiger partial charge in [0, 0.05) is 5.56 Å². The van der Waals surface area contributed by atoms with Crippen LogP contribution in [0.15, 0.2) is 48.5 Å². The second-order valence-corrected chi connectivity index (χ2v) is 6.30. The molecule has 1 aliphatic carbocycles. The molecular formula is C20H20N2O3. The van der Waals surface area contributed by atoms with Crippen molar-refractivity contribution in [2.75, 3.05) is 7.11 Å². The van der Waals surface area contributed by atoms with Crippen LogP contribution in [0.3, 0.4) is 0 Å². The Morgan fingerprint density at radius 2 is 1.92 bits per heavy atom. The van der Waals surface area contributed by atoms with Gasteiger partial charge in [0.2, 0.25) is 0 Å². The third kappa shape index (κ3) is 3.22. The maximum atomic E-state index is 11.9.